The molecule has 0 aliphatic carbocycles. The van der Waals surface area contributed by atoms with Crippen molar-refractivity contribution in [2.24, 2.45) is 0 Å². The van der Waals surface area contributed by atoms with Crippen LogP contribution < -0.4 is 0 Å². The molecule has 4 aromatic heterocycles. The second kappa shape index (κ2) is 3.93. The van der Waals surface area contributed by atoms with Crippen LogP contribution in [0.4, 0.5) is 0 Å². The zero-order chi connectivity index (χ0) is 12.8. The van der Waals surface area contributed by atoms with Gasteiger partial charge >= 0.3 is 0 Å². The Morgan fingerprint density at radius 2 is 1.84 bits per heavy atom. The van der Waals surface area contributed by atoms with E-state index in [1.165, 1.54) is 0 Å². The highest BCUT2D eigenvalue weighted by Crippen LogP contribution is 2.24. The highest BCUT2D eigenvalue weighted by Gasteiger charge is 2.06. The van der Waals surface area contributed by atoms with Gasteiger partial charge in [-0.25, -0.2) is 19.9 Å². The second-order valence-corrected chi connectivity index (χ2v) is 5.05. The molecule has 0 atom stereocenters. The third kappa shape index (κ3) is 1.66. The maximum atomic E-state index is 4.63. The molecule has 0 radical (unpaired) electrons. The lowest BCUT2D eigenvalue weighted by molar-refractivity contribution is 1.26. The molecule has 4 nitrogen and oxygen atoms in total. The van der Waals surface area contributed by atoms with E-state index < -0.39 is 0 Å². The van der Waals surface area contributed by atoms with Crippen molar-refractivity contribution < 1.29 is 0 Å². The van der Waals surface area contributed by atoms with Crippen LogP contribution in [0.25, 0.3) is 33.0 Å². The van der Waals surface area contributed by atoms with Crippen LogP contribution in [0.2, 0.25) is 0 Å². The van der Waals surface area contributed by atoms with Gasteiger partial charge in [-0.1, -0.05) is 0 Å². The lowest BCUT2D eigenvalue weighted by Crippen LogP contribution is -1.90. The molecule has 0 fully saturated rings. The maximum absolute atomic E-state index is 4.63. The summed E-state index contributed by atoms with van der Waals surface area (Å²) in [6, 6.07) is 9.83. The van der Waals surface area contributed by atoms with E-state index in [4.69, 9.17) is 0 Å². The Balaban J connectivity index is 2.22. The summed E-state index contributed by atoms with van der Waals surface area (Å²) in [6.45, 7) is 0. The summed E-state index contributed by atoms with van der Waals surface area (Å²) in [6.07, 6.45) is 3.55. The van der Waals surface area contributed by atoms with Crippen LogP contribution in [0.1, 0.15) is 0 Å². The third-order valence-electron chi connectivity index (χ3n) is 3.04. The normalized spacial score (nSPS) is 11.4. The summed E-state index contributed by atoms with van der Waals surface area (Å²) < 4.78 is 0.769. The van der Waals surface area contributed by atoms with Crippen LogP contribution in [-0.4, -0.2) is 19.9 Å². The first-order valence-electron chi connectivity index (χ1n) is 5.78. The Hall–Kier alpha value is -2.14. The predicted molar refractivity (Wildman–Crippen MR) is 77.8 cm³/mol. The standard InChI is InChI=1S/C14H7BrN4/c15-11-4-3-10-12-9(7-17-14(10)18-11)6-8-2-1-5-16-13(8)19-12/h1-7H. The van der Waals surface area contributed by atoms with Crippen LogP contribution in [0.5, 0.6) is 0 Å². The molecule has 4 rings (SSSR count). The van der Waals surface area contributed by atoms with Crippen molar-refractivity contribution in [3.63, 3.8) is 0 Å². The van der Waals surface area contributed by atoms with Gasteiger partial charge in [-0.05, 0) is 46.3 Å². The molecule has 4 aromatic rings. The zero-order valence-corrected chi connectivity index (χ0v) is 11.3. The molecule has 0 amide bonds. The molecule has 0 saturated heterocycles. The number of pyridine rings is 4. The van der Waals surface area contributed by atoms with E-state index in [1.54, 1.807) is 12.4 Å². The van der Waals surface area contributed by atoms with Gasteiger partial charge in [0.2, 0.25) is 0 Å². The van der Waals surface area contributed by atoms with Gasteiger partial charge in [0.05, 0.1) is 5.52 Å². The Morgan fingerprint density at radius 3 is 2.79 bits per heavy atom. The van der Waals surface area contributed by atoms with Crippen LogP contribution in [-0.2, 0) is 0 Å². The summed E-state index contributed by atoms with van der Waals surface area (Å²) >= 11 is 3.35. The monoisotopic (exact) mass is 310 g/mol. The summed E-state index contributed by atoms with van der Waals surface area (Å²) in [4.78, 5) is 17.7. The van der Waals surface area contributed by atoms with Crippen molar-refractivity contribution in [2.45, 2.75) is 0 Å². The quantitative estimate of drug-likeness (QED) is 0.283. The summed E-state index contributed by atoms with van der Waals surface area (Å²) in [5.41, 5.74) is 2.31. The minimum Gasteiger partial charge on any atom is -0.237 e. The fourth-order valence-electron chi connectivity index (χ4n) is 2.18. The fourth-order valence-corrected chi connectivity index (χ4v) is 2.48. The lowest BCUT2D eigenvalue weighted by atomic mass is 10.1. The Morgan fingerprint density at radius 1 is 0.895 bits per heavy atom. The van der Waals surface area contributed by atoms with Gasteiger partial charge < -0.3 is 0 Å². The second-order valence-electron chi connectivity index (χ2n) is 4.24. The molecule has 0 N–H and O–H groups in total. The smallest absolute Gasteiger partial charge is 0.162 e. The molecular formula is C14H7BrN4. The number of hydrogen-bond donors (Lipinski definition) is 0. The molecule has 0 spiro atoms. The third-order valence-corrected chi connectivity index (χ3v) is 3.48. The van der Waals surface area contributed by atoms with Gasteiger partial charge in [0.1, 0.15) is 4.60 Å². The van der Waals surface area contributed by atoms with E-state index in [1.807, 2.05) is 24.3 Å². The Kier molecular flexibility index (Phi) is 2.22. The van der Waals surface area contributed by atoms with E-state index in [0.717, 1.165) is 31.9 Å². The summed E-state index contributed by atoms with van der Waals surface area (Å²) in [5, 5.41) is 2.95. The molecule has 90 valence electrons. The largest absolute Gasteiger partial charge is 0.237 e. The van der Waals surface area contributed by atoms with E-state index in [0.29, 0.717) is 5.65 Å². The van der Waals surface area contributed by atoms with Crippen molar-refractivity contribution >= 4 is 48.9 Å². The van der Waals surface area contributed by atoms with Gasteiger partial charge in [0.15, 0.2) is 11.3 Å². The van der Waals surface area contributed by atoms with Crippen molar-refractivity contribution in [2.75, 3.05) is 0 Å². The topological polar surface area (TPSA) is 51.6 Å². The molecule has 0 aliphatic rings. The zero-order valence-electron chi connectivity index (χ0n) is 9.71. The predicted octanol–water partition coefficient (Wildman–Crippen LogP) is 3.49. The molecule has 0 unspecified atom stereocenters. The van der Waals surface area contributed by atoms with Gasteiger partial charge in [0, 0.05) is 28.6 Å². The number of halogens is 1. The molecule has 0 aliphatic heterocycles. The Labute approximate surface area is 116 Å². The minimum absolute atomic E-state index is 0.685. The van der Waals surface area contributed by atoms with Gasteiger partial charge in [0.25, 0.3) is 0 Å². The van der Waals surface area contributed by atoms with Crippen molar-refractivity contribution in [3.8, 4) is 0 Å². The number of rotatable bonds is 0. The molecule has 4 heterocycles. The maximum Gasteiger partial charge on any atom is 0.162 e. The van der Waals surface area contributed by atoms with E-state index in [9.17, 15) is 0 Å². The van der Waals surface area contributed by atoms with E-state index in [-0.39, 0.29) is 0 Å². The van der Waals surface area contributed by atoms with Crippen LogP contribution in [0, 0.1) is 0 Å². The van der Waals surface area contributed by atoms with Gasteiger partial charge in [-0.2, -0.15) is 0 Å². The lowest BCUT2D eigenvalue weighted by Gasteiger charge is -2.04. The molecular weight excluding hydrogens is 304 g/mol. The van der Waals surface area contributed by atoms with Crippen molar-refractivity contribution in [1.29, 1.82) is 0 Å². The molecule has 0 saturated carbocycles. The Bertz CT molecular complexity index is 936. The van der Waals surface area contributed by atoms with Crippen LogP contribution >= 0.6 is 15.9 Å². The highest BCUT2D eigenvalue weighted by atomic mass is 79.9. The first-order chi connectivity index (χ1) is 9.31. The van der Waals surface area contributed by atoms with Crippen LogP contribution in [0.3, 0.4) is 0 Å². The fraction of sp³-hybridized carbons (Fsp3) is 0. The molecule has 5 heteroatoms. The average Bonchev–Trinajstić information content (AvgIpc) is 2.44. The number of fused-ring (bicyclic) bond motifs is 4. The summed E-state index contributed by atoms with van der Waals surface area (Å²) in [5.74, 6) is 0. The van der Waals surface area contributed by atoms with Gasteiger partial charge in [-0.3, -0.25) is 0 Å². The number of aromatic nitrogens is 4. The molecule has 19 heavy (non-hydrogen) atoms. The first-order valence-corrected chi connectivity index (χ1v) is 6.57. The van der Waals surface area contributed by atoms with Gasteiger partial charge in [-0.15, -0.1) is 0 Å². The highest BCUT2D eigenvalue weighted by molar-refractivity contribution is 9.10. The molecule has 0 bridgehead atoms. The van der Waals surface area contributed by atoms with E-state index >= 15 is 0 Å². The van der Waals surface area contributed by atoms with Crippen molar-refractivity contribution in [1.82, 2.24) is 19.9 Å². The summed E-state index contributed by atoms with van der Waals surface area (Å²) in [7, 11) is 0. The number of nitrogens with zero attached hydrogens (tertiary/aromatic N) is 4. The van der Waals surface area contributed by atoms with Crippen LogP contribution in [0.15, 0.2) is 47.3 Å². The first kappa shape index (κ1) is 10.8. The minimum atomic E-state index is 0.685. The molecule has 0 aromatic carbocycles. The van der Waals surface area contributed by atoms with E-state index in [2.05, 4.69) is 41.9 Å². The SMILES string of the molecule is Brc1ccc2c(ncc3cc4cccnc4nc32)n1. The average molecular weight is 311 g/mol. The number of hydrogen-bond acceptors (Lipinski definition) is 4. The van der Waals surface area contributed by atoms with Crippen molar-refractivity contribution in [3.05, 3.63) is 47.3 Å².